The fraction of sp³-hybridized carbons (Fsp3) is 0.0526. The first kappa shape index (κ1) is 17.6. The van der Waals surface area contributed by atoms with Crippen LogP contribution in [0.1, 0.15) is 15.4 Å². The quantitative estimate of drug-likeness (QED) is 0.494. The Morgan fingerprint density at radius 1 is 1.11 bits per heavy atom. The molecule has 0 radical (unpaired) electrons. The van der Waals surface area contributed by atoms with Crippen molar-refractivity contribution in [1.29, 1.82) is 0 Å². The SMILES string of the molecule is Cc1sc(NC(=O)c2n[nH]c(=O)c3ccccc23)nc1-c1ccc(Br)cc1. The van der Waals surface area contributed by atoms with Crippen LogP contribution in [0.25, 0.3) is 22.0 Å². The molecule has 1 amide bonds. The number of fused-ring (bicyclic) bond motifs is 1. The van der Waals surface area contributed by atoms with Crippen molar-refractivity contribution in [1.82, 2.24) is 15.2 Å². The first-order valence-electron chi connectivity index (χ1n) is 8.05. The van der Waals surface area contributed by atoms with Crippen molar-refractivity contribution >= 4 is 49.1 Å². The minimum absolute atomic E-state index is 0.156. The summed E-state index contributed by atoms with van der Waals surface area (Å²) in [5, 5.41) is 10.5. The lowest BCUT2D eigenvalue weighted by Crippen LogP contribution is -2.19. The number of anilines is 1. The van der Waals surface area contributed by atoms with E-state index in [1.54, 1.807) is 24.3 Å². The fourth-order valence-electron chi connectivity index (χ4n) is 2.77. The van der Waals surface area contributed by atoms with E-state index < -0.39 is 5.91 Å². The van der Waals surface area contributed by atoms with E-state index in [0.29, 0.717) is 15.9 Å². The van der Waals surface area contributed by atoms with Gasteiger partial charge in [0, 0.05) is 20.3 Å². The van der Waals surface area contributed by atoms with Crippen LogP contribution in [0.3, 0.4) is 0 Å². The van der Waals surface area contributed by atoms with Gasteiger partial charge in [0.2, 0.25) is 0 Å². The normalized spacial score (nSPS) is 10.9. The maximum absolute atomic E-state index is 12.7. The molecule has 0 unspecified atom stereocenters. The Balaban J connectivity index is 1.67. The molecule has 0 bridgehead atoms. The number of benzene rings is 2. The van der Waals surface area contributed by atoms with E-state index in [2.05, 4.69) is 36.4 Å². The van der Waals surface area contributed by atoms with Crippen molar-refractivity contribution in [3.63, 3.8) is 0 Å². The van der Waals surface area contributed by atoms with Gasteiger partial charge in [-0.05, 0) is 25.1 Å². The number of hydrogen-bond donors (Lipinski definition) is 2. The first-order valence-corrected chi connectivity index (χ1v) is 9.66. The number of aryl methyl sites for hydroxylation is 1. The Labute approximate surface area is 166 Å². The summed E-state index contributed by atoms with van der Waals surface area (Å²) < 4.78 is 0.990. The zero-order valence-corrected chi connectivity index (χ0v) is 16.5. The van der Waals surface area contributed by atoms with Crippen molar-refractivity contribution in [3.8, 4) is 11.3 Å². The molecular formula is C19H13BrN4O2S. The second kappa shape index (κ2) is 7.05. The van der Waals surface area contributed by atoms with Crippen LogP contribution in [0.4, 0.5) is 5.13 Å². The fourth-order valence-corrected chi connectivity index (χ4v) is 3.86. The van der Waals surface area contributed by atoms with E-state index in [4.69, 9.17) is 0 Å². The number of carbonyl (C=O) groups is 1. The van der Waals surface area contributed by atoms with Gasteiger partial charge in [0.1, 0.15) is 0 Å². The number of rotatable bonds is 3. The summed E-state index contributed by atoms with van der Waals surface area (Å²) in [4.78, 5) is 30.1. The van der Waals surface area contributed by atoms with Crippen LogP contribution >= 0.6 is 27.3 Å². The van der Waals surface area contributed by atoms with Gasteiger partial charge in [-0.2, -0.15) is 5.10 Å². The molecule has 0 saturated heterocycles. The van der Waals surface area contributed by atoms with Gasteiger partial charge < -0.3 is 0 Å². The number of aromatic nitrogens is 3. The monoisotopic (exact) mass is 440 g/mol. The minimum atomic E-state index is -0.418. The molecule has 0 aliphatic rings. The highest BCUT2D eigenvalue weighted by atomic mass is 79.9. The Morgan fingerprint density at radius 3 is 2.56 bits per heavy atom. The third-order valence-corrected chi connectivity index (χ3v) is 5.46. The Kier molecular flexibility index (Phi) is 4.59. The van der Waals surface area contributed by atoms with Crippen molar-refractivity contribution in [2.24, 2.45) is 0 Å². The molecular weight excluding hydrogens is 428 g/mol. The minimum Gasteiger partial charge on any atom is -0.296 e. The molecule has 0 aliphatic heterocycles. The van der Waals surface area contributed by atoms with Crippen LogP contribution in [0.5, 0.6) is 0 Å². The summed E-state index contributed by atoms with van der Waals surface area (Å²) in [5.41, 5.74) is 1.62. The third-order valence-electron chi connectivity index (χ3n) is 4.05. The Hall–Kier alpha value is -2.84. The van der Waals surface area contributed by atoms with E-state index in [-0.39, 0.29) is 11.3 Å². The topological polar surface area (TPSA) is 87.7 Å². The summed E-state index contributed by atoms with van der Waals surface area (Å²) in [7, 11) is 0. The molecule has 6 nitrogen and oxygen atoms in total. The van der Waals surface area contributed by atoms with Gasteiger partial charge in [-0.3, -0.25) is 14.9 Å². The van der Waals surface area contributed by atoms with Gasteiger partial charge in [-0.1, -0.05) is 46.3 Å². The summed E-state index contributed by atoms with van der Waals surface area (Å²) in [6.45, 7) is 1.96. The molecule has 0 spiro atoms. The lowest BCUT2D eigenvalue weighted by atomic mass is 10.1. The molecule has 2 heterocycles. The van der Waals surface area contributed by atoms with Crippen LogP contribution < -0.4 is 10.9 Å². The third kappa shape index (κ3) is 3.41. The number of nitrogens with one attached hydrogen (secondary N) is 2. The largest absolute Gasteiger partial charge is 0.296 e. The second-order valence-electron chi connectivity index (χ2n) is 5.83. The van der Waals surface area contributed by atoms with Crippen molar-refractivity contribution in [2.45, 2.75) is 6.92 Å². The first-order chi connectivity index (χ1) is 13.0. The van der Waals surface area contributed by atoms with Crippen molar-refractivity contribution < 1.29 is 4.79 Å². The molecule has 0 saturated carbocycles. The number of amides is 1. The maximum atomic E-state index is 12.7. The molecule has 0 atom stereocenters. The summed E-state index contributed by atoms with van der Waals surface area (Å²) >= 11 is 4.81. The smallest absolute Gasteiger partial charge is 0.278 e. The number of thiazole rings is 1. The molecule has 27 heavy (non-hydrogen) atoms. The number of hydrogen-bond acceptors (Lipinski definition) is 5. The van der Waals surface area contributed by atoms with Crippen molar-refractivity contribution in [2.75, 3.05) is 5.32 Å². The highest BCUT2D eigenvalue weighted by Crippen LogP contribution is 2.31. The van der Waals surface area contributed by atoms with E-state index in [0.717, 1.165) is 20.6 Å². The predicted octanol–water partition coefficient (Wildman–Crippen LogP) is 4.37. The number of carbonyl (C=O) groups excluding carboxylic acids is 1. The highest BCUT2D eigenvalue weighted by Gasteiger charge is 2.17. The van der Waals surface area contributed by atoms with Crippen LogP contribution in [-0.2, 0) is 0 Å². The molecule has 134 valence electrons. The van der Waals surface area contributed by atoms with Gasteiger partial charge in [-0.25, -0.2) is 10.1 Å². The number of nitrogens with zero attached hydrogens (tertiary/aromatic N) is 2. The number of aromatic amines is 1. The van der Waals surface area contributed by atoms with E-state index in [1.807, 2.05) is 31.2 Å². The molecule has 2 aromatic carbocycles. The van der Waals surface area contributed by atoms with Crippen LogP contribution in [-0.4, -0.2) is 21.1 Å². The molecule has 0 fully saturated rings. The van der Waals surface area contributed by atoms with Crippen molar-refractivity contribution in [3.05, 3.63) is 73.9 Å². The molecule has 2 N–H and O–H groups in total. The summed E-state index contributed by atoms with van der Waals surface area (Å²) in [6, 6.07) is 14.7. The number of halogens is 1. The standard InChI is InChI=1S/C19H13BrN4O2S/c1-10-15(11-6-8-12(20)9-7-11)21-19(27-10)22-18(26)16-13-4-2-3-5-14(13)17(25)24-23-16/h2-9H,1H3,(H,24,25)(H,21,22,26). The lowest BCUT2D eigenvalue weighted by Gasteiger charge is -2.04. The predicted molar refractivity (Wildman–Crippen MR) is 110 cm³/mol. The average molecular weight is 441 g/mol. The summed E-state index contributed by atoms with van der Waals surface area (Å²) in [6.07, 6.45) is 0. The zero-order chi connectivity index (χ0) is 19.0. The second-order valence-corrected chi connectivity index (χ2v) is 7.95. The van der Waals surface area contributed by atoms with Crippen LogP contribution in [0.15, 0.2) is 57.8 Å². The molecule has 8 heteroatoms. The van der Waals surface area contributed by atoms with E-state index in [9.17, 15) is 9.59 Å². The molecule has 4 aromatic rings. The van der Waals surface area contributed by atoms with E-state index >= 15 is 0 Å². The van der Waals surface area contributed by atoms with Gasteiger partial charge in [-0.15, -0.1) is 11.3 Å². The molecule has 4 rings (SSSR count). The van der Waals surface area contributed by atoms with Crippen LogP contribution in [0, 0.1) is 6.92 Å². The highest BCUT2D eigenvalue weighted by molar-refractivity contribution is 9.10. The van der Waals surface area contributed by atoms with Gasteiger partial charge >= 0.3 is 0 Å². The Morgan fingerprint density at radius 2 is 1.81 bits per heavy atom. The molecule has 2 aromatic heterocycles. The number of H-pyrrole nitrogens is 1. The van der Waals surface area contributed by atoms with E-state index in [1.165, 1.54) is 11.3 Å². The zero-order valence-electron chi connectivity index (χ0n) is 14.1. The lowest BCUT2D eigenvalue weighted by molar-refractivity contribution is 0.102. The maximum Gasteiger partial charge on any atom is 0.278 e. The van der Waals surface area contributed by atoms with Gasteiger partial charge in [0.05, 0.1) is 11.1 Å². The van der Waals surface area contributed by atoms with Gasteiger partial charge in [0.15, 0.2) is 10.8 Å². The Bertz CT molecular complexity index is 1210. The summed E-state index contributed by atoms with van der Waals surface area (Å²) in [5.74, 6) is -0.418. The van der Waals surface area contributed by atoms with Gasteiger partial charge in [0.25, 0.3) is 11.5 Å². The van der Waals surface area contributed by atoms with Crippen LogP contribution in [0.2, 0.25) is 0 Å². The molecule has 0 aliphatic carbocycles. The average Bonchev–Trinajstić information content (AvgIpc) is 3.03.